The molecule has 0 radical (unpaired) electrons. The fourth-order valence-corrected chi connectivity index (χ4v) is 2.10. The summed E-state index contributed by atoms with van der Waals surface area (Å²) in [6.07, 6.45) is 0.227. The van der Waals surface area contributed by atoms with E-state index < -0.39 is 22.6 Å². The lowest BCUT2D eigenvalue weighted by Gasteiger charge is -2.12. The van der Waals surface area contributed by atoms with E-state index in [0.29, 0.717) is 4.47 Å². The van der Waals surface area contributed by atoms with Crippen LogP contribution < -0.4 is 0 Å². The van der Waals surface area contributed by atoms with Crippen LogP contribution in [0.15, 0.2) is 22.7 Å². The molecule has 1 aromatic carbocycles. The number of benzene rings is 1. The predicted octanol–water partition coefficient (Wildman–Crippen LogP) is 3.13. The maximum absolute atomic E-state index is 12.3. The van der Waals surface area contributed by atoms with Crippen LogP contribution in [0.5, 0.6) is 0 Å². The predicted molar refractivity (Wildman–Crippen MR) is 75.5 cm³/mol. The van der Waals surface area contributed by atoms with Gasteiger partial charge in [-0.3, -0.25) is 19.7 Å². The number of ether oxygens (including phenoxy) is 1. The van der Waals surface area contributed by atoms with E-state index in [2.05, 4.69) is 15.9 Å². The highest BCUT2D eigenvalue weighted by Gasteiger charge is 2.31. The second-order valence-corrected chi connectivity index (χ2v) is 4.91. The second kappa shape index (κ2) is 7.14. The Labute approximate surface area is 124 Å². The van der Waals surface area contributed by atoms with Crippen molar-refractivity contribution in [2.75, 3.05) is 6.61 Å². The van der Waals surface area contributed by atoms with Crippen molar-refractivity contribution < 1.29 is 19.2 Å². The molecule has 0 aliphatic rings. The van der Waals surface area contributed by atoms with Crippen molar-refractivity contribution in [2.24, 2.45) is 5.92 Å². The first-order chi connectivity index (χ1) is 9.42. The lowest BCUT2D eigenvalue weighted by Crippen LogP contribution is -2.26. The fourth-order valence-electron chi connectivity index (χ4n) is 1.75. The highest BCUT2D eigenvalue weighted by atomic mass is 79.9. The second-order valence-electron chi connectivity index (χ2n) is 4.00. The molecule has 1 rings (SSSR count). The van der Waals surface area contributed by atoms with Gasteiger partial charge in [0.25, 0.3) is 5.69 Å². The van der Waals surface area contributed by atoms with Crippen LogP contribution in [-0.4, -0.2) is 23.3 Å². The summed E-state index contributed by atoms with van der Waals surface area (Å²) >= 11 is 3.11. The first-order valence-corrected chi connectivity index (χ1v) is 6.86. The van der Waals surface area contributed by atoms with Crippen LogP contribution in [0.1, 0.15) is 30.6 Å². The SMILES string of the molecule is CCOC(=O)C(CC)C(=O)c1ccc(Br)cc1[N+](=O)[O-]. The number of carbonyl (C=O) groups excluding carboxylic acids is 2. The third-order valence-corrected chi connectivity index (χ3v) is 3.21. The summed E-state index contributed by atoms with van der Waals surface area (Å²) in [6.45, 7) is 3.45. The molecule has 0 saturated heterocycles. The van der Waals surface area contributed by atoms with Crippen LogP contribution in [0.25, 0.3) is 0 Å². The highest BCUT2D eigenvalue weighted by Crippen LogP contribution is 2.27. The van der Waals surface area contributed by atoms with Crippen LogP contribution in [-0.2, 0) is 9.53 Å². The van der Waals surface area contributed by atoms with Crippen molar-refractivity contribution in [1.29, 1.82) is 0 Å². The molecule has 0 bridgehead atoms. The summed E-state index contributed by atoms with van der Waals surface area (Å²) in [5, 5.41) is 11.0. The molecule has 0 amide bonds. The van der Waals surface area contributed by atoms with E-state index in [9.17, 15) is 19.7 Å². The monoisotopic (exact) mass is 343 g/mol. The first-order valence-electron chi connectivity index (χ1n) is 6.07. The number of halogens is 1. The number of carbonyl (C=O) groups is 2. The van der Waals surface area contributed by atoms with Crippen LogP contribution >= 0.6 is 15.9 Å². The van der Waals surface area contributed by atoms with E-state index >= 15 is 0 Å². The summed E-state index contributed by atoms with van der Waals surface area (Å²) in [4.78, 5) is 34.4. The van der Waals surface area contributed by atoms with Gasteiger partial charge in [0.1, 0.15) is 5.92 Å². The number of hydrogen-bond donors (Lipinski definition) is 0. The Morgan fingerprint density at radius 2 is 2.05 bits per heavy atom. The number of nitro benzene ring substituents is 1. The minimum absolute atomic E-state index is 0.0851. The number of ketones is 1. The van der Waals surface area contributed by atoms with Gasteiger partial charge in [0.2, 0.25) is 0 Å². The average Bonchev–Trinajstić information content (AvgIpc) is 2.39. The molecule has 0 saturated carbocycles. The summed E-state index contributed by atoms with van der Waals surface area (Å²) in [5.41, 5.74) is -0.412. The van der Waals surface area contributed by atoms with Gasteiger partial charge < -0.3 is 4.74 Å². The van der Waals surface area contributed by atoms with Gasteiger partial charge in [-0.05, 0) is 25.5 Å². The summed E-state index contributed by atoms with van der Waals surface area (Å²) < 4.78 is 5.31. The van der Waals surface area contributed by atoms with Gasteiger partial charge in [-0.1, -0.05) is 22.9 Å². The maximum atomic E-state index is 12.3. The zero-order valence-electron chi connectivity index (χ0n) is 11.1. The molecule has 0 aliphatic heterocycles. The van der Waals surface area contributed by atoms with E-state index in [1.165, 1.54) is 18.2 Å². The van der Waals surface area contributed by atoms with Gasteiger partial charge in [0.15, 0.2) is 5.78 Å². The minimum atomic E-state index is -1.02. The topological polar surface area (TPSA) is 86.5 Å². The molecule has 20 heavy (non-hydrogen) atoms. The molecule has 6 nitrogen and oxygen atoms in total. The van der Waals surface area contributed by atoms with Crippen molar-refractivity contribution in [1.82, 2.24) is 0 Å². The molecular formula is C13H14BrNO5. The highest BCUT2D eigenvalue weighted by molar-refractivity contribution is 9.10. The third kappa shape index (κ3) is 3.63. The lowest BCUT2D eigenvalue weighted by molar-refractivity contribution is -0.385. The third-order valence-electron chi connectivity index (χ3n) is 2.72. The number of nitro groups is 1. The van der Waals surface area contributed by atoms with Crippen LogP contribution in [0.4, 0.5) is 5.69 Å². The number of nitrogens with zero attached hydrogens (tertiary/aromatic N) is 1. The molecule has 0 fully saturated rings. The molecule has 1 aromatic rings. The van der Waals surface area contributed by atoms with Crippen molar-refractivity contribution in [3.05, 3.63) is 38.3 Å². The van der Waals surface area contributed by atoms with E-state index in [1.807, 2.05) is 0 Å². The van der Waals surface area contributed by atoms with E-state index in [1.54, 1.807) is 13.8 Å². The Kier molecular flexibility index (Phi) is 5.82. The van der Waals surface area contributed by atoms with Gasteiger partial charge in [0, 0.05) is 10.5 Å². The van der Waals surface area contributed by atoms with Crippen molar-refractivity contribution in [3.63, 3.8) is 0 Å². The quantitative estimate of drug-likeness (QED) is 0.260. The largest absolute Gasteiger partial charge is 0.465 e. The van der Waals surface area contributed by atoms with Crippen LogP contribution in [0.3, 0.4) is 0 Å². The van der Waals surface area contributed by atoms with E-state index in [-0.39, 0.29) is 24.3 Å². The molecule has 108 valence electrons. The molecule has 1 unspecified atom stereocenters. The number of hydrogen-bond acceptors (Lipinski definition) is 5. The van der Waals surface area contributed by atoms with Gasteiger partial charge >= 0.3 is 5.97 Å². The fraction of sp³-hybridized carbons (Fsp3) is 0.385. The Morgan fingerprint density at radius 1 is 1.40 bits per heavy atom. The molecule has 0 spiro atoms. The number of esters is 1. The normalized spacial score (nSPS) is 11.8. The molecule has 0 aliphatic carbocycles. The molecule has 0 heterocycles. The summed E-state index contributed by atoms with van der Waals surface area (Å²) in [7, 11) is 0. The summed E-state index contributed by atoms with van der Waals surface area (Å²) in [6, 6.07) is 4.11. The molecule has 7 heteroatoms. The Hall–Kier alpha value is -1.76. The number of rotatable bonds is 6. The summed E-state index contributed by atoms with van der Waals surface area (Å²) in [5.74, 6) is -2.27. The Bertz CT molecular complexity index is 544. The standard InChI is InChI=1S/C13H14BrNO5/c1-3-9(13(17)20-4-2)12(16)10-6-5-8(14)7-11(10)15(18)19/h5-7,9H,3-4H2,1-2H3. The molecular weight excluding hydrogens is 330 g/mol. The lowest BCUT2D eigenvalue weighted by atomic mass is 9.94. The van der Waals surface area contributed by atoms with Gasteiger partial charge in [0.05, 0.1) is 17.1 Å². The molecule has 0 aromatic heterocycles. The maximum Gasteiger partial charge on any atom is 0.316 e. The number of Topliss-reactive ketones (excluding diaryl/α,β-unsaturated/α-hetero) is 1. The van der Waals surface area contributed by atoms with Crippen molar-refractivity contribution in [3.8, 4) is 0 Å². The van der Waals surface area contributed by atoms with E-state index in [0.717, 1.165) is 0 Å². The molecule has 1 atom stereocenters. The zero-order chi connectivity index (χ0) is 15.3. The van der Waals surface area contributed by atoms with Crippen molar-refractivity contribution in [2.45, 2.75) is 20.3 Å². The van der Waals surface area contributed by atoms with Crippen LogP contribution in [0.2, 0.25) is 0 Å². The Balaban J connectivity index is 3.19. The van der Waals surface area contributed by atoms with Gasteiger partial charge in [-0.15, -0.1) is 0 Å². The average molecular weight is 344 g/mol. The molecule has 0 N–H and O–H groups in total. The first kappa shape index (κ1) is 16.3. The van der Waals surface area contributed by atoms with Crippen molar-refractivity contribution >= 4 is 33.4 Å². The minimum Gasteiger partial charge on any atom is -0.465 e. The smallest absolute Gasteiger partial charge is 0.316 e. The van der Waals surface area contributed by atoms with Gasteiger partial charge in [-0.2, -0.15) is 0 Å². The Morgan fingerprint density at radius 3 is 2.55 bits per heavy atom. The van der Waals surface area contributed by atoms with Crippen LogP contribution in [0, 0.1) is 16.0 Å². The zero-order valence-corrected chi connectivity index (χ0v) is 12.7. The van der Waals surface area contributed by atoms with Gasteiger partial charge in [-0.25, -0.2) is 0 Å². The van der Waals surface area contributed by atoms with E-state index in [4.69, 9.17) is 4.74 Å².